The van der Waals surface area contributed by atoms with Crippen molar-refractivity contribution < 1.29 is 9.32 Å². The monoisotopic (exact) mass is 272 g/mol. The highest BCUT2D eigenvalue weighted by Crippen LogP contribution is 2.04. The molecular weight excluding hydrogens is 252 g/mol. The van der Waals surface area contributed by atoms with Crippen LogP contribution in [-0.2, 0) is 17.6 Å². The van der Waals surface area contributed by atoms with E-state index in [9.17, 15) is 4.79 Å². The first kappa shape index (κ1) is 14.3. The molecule has 0 aliphatic heterocycles. The van der Waals surface area contributed by atoms with E-state index in [0.29, 0.717) is 13.0 Å². The van der Waals surface area contributed by atoms with Gasteiger partial charge in [0.15, 0.2) is 0 Å². The maximum atomic E-state index is 11.7. The van der Waals surface area contributed by atoms with Gasteiger partial charge in [0.1, 0.15) is 6.26 Å². The lowest BCUT2D eigenvalue weighted by Gasteiger charge is -2.04. The van der Waals surface area contributed by atoms with E-state index in [4.69, 9.17) is 4.52 Å². The van der Waals surface area contributed by atoms with E-state index < -0.39 is 0 Å². The normalized spacial score (nSPS) is 10.4. The third-order valence-corrected chi connectivity index (χ3v) is 3.16. The molecule has 20 heavy (non-hydrogen) atoms. The van der Waals surface area contributed by atoms with Crippen LogP contribution in [-0.4, -0.2) is 17.6 Å². The number of amides is 1. The summed E-state index contributed by atoms with van der Waals surface area (Å²) in [6.07, 6.45) is 7.57. The molecule has 0 bridgehead atoms. The van der Waals surface area contributed by atoms with Crippen LogP contribution in [0.1, 0.15) is 30.4 Å². The van der Waals surface area contributed by atoms with Gasteiger partial charge in [0.05, 0.1) is 6.20 Å². The van der Waals surface area contributed by atoms with Crippen molar-refractivity contribution in [2.75, 3.05) is 6.54 Å². The summed E-state index contributed by atoms with van der Waals surface area (Å²) >= 11 is 0. The highest BCUT2D eigenvalue weighted by atomic mass is 16.5. The van der Waals surface area contributed by atoms with Crippen LogP contribution in [0.25, 0.3) is 0 Å². The Morgan fingerprint density at radius 2 is 1.90 bits per heavy atom. The third kappa shape index (κ3) is 5.26. The van der Waals surface area contributed by atoms with Crippen LogP contribution in [0.15, 0.2) is 47.3 Å². The molecule has 1 N–H and O–H groups in total. The number of carbonyl (C=O) groups is 1. The van der Waals surface area contributed by atoms with Crippen LogP contribution < -0.4 is 5.32 Å². The molecule has 1 aromatic carbocycles. The van der Waals surface area contributed by atoms with E-state index in [1.807, 2.05) is 18.2 Å². The highest BCUT2D eigenvalue weighted by Gasteiger charge is 2.02. The molecule has 1 aromatic heterocycles. The first-order valence-corrected chi connectivity index (χ1v) is 7.03. The summed E-state index contributed by atoms with van der Waals surface area (Å²) in [5, 5.41) is 6.58. The van der Waals surface area contributed by atoms with Gasteiger partial charge in [0.25, 0.3) is 0 Å². The molecule has 0 aliphatic rings. The lowest BCUT2D eigenvalue weighted by atomic mass is 10.1. The summed E-state index contributed by atoms with van der Waals surface area (Å²) in [5.41, 5.74) is 2.36. The molecule has 0 atom stereocenters. The number of carbonyl (C=O) groups excluding carboxylic acids is 1. The minimum atomic E-state index is 0.131. The Morgan fingerprint density at radius 1 is 1.10 bits per heavy atom. The second-order valence-electron chi connectivity index (χ2n) is 4.83. The van der Waals surface area contributed by atoms with Gasteiger partial charge in [0.2, 0.25) is 5.91 Å². The van der Waals surface area contributed by atoms with Crippen molar-refractivity contribution in [3.63, 3.8) is 0 Å². The van der Waals surface area contributed by atoms with Crippen molar-refractivity contribution in [1.82, 2.24) is 10.5 Å². The largest absolute Gasteiger partial charge is 0.364 e. The summed E-state index contributed by atoms with van der Waals surface area (Å²) < 4.78 is 4.75. The Hall–Kier alpha value is -2.10. The Morgan fingerprint density at radius 3 is 2.65 bits per heavy atom. The van der Waals surface area contributed by atoms with E-state index in [-0.39, 0.29) is 5.91 Å². The number of aryl methyl sites for hydroxylation is 2. The molecule has 0 unspecified atom stereocenters. The van der Waals surface area contributed by atoms with Gasteiger partial charge in [-0.15, -0.1) is 0 Å². The minimum absolute atomic E-state index is 0.131. The molecule has 0 fully saturated rings. The summed E-state index contributed by atoms with van der Waals surface area (Å²) in [6, 6.07) is 10.2. The van der Waals surface area contributed by atoms with E-state index >= 15 is 0 Å². The Kier molecular flexibility index (Phi) is 5.83. The van der Waals surface area contributed by atoms with E-state index in [2.05, 4.69) is 22.6 Å². The first-order valence-electron chi connectivity index (χ1n) is 7.03. The van der Waals surface area contributed by atoms with E-state index in [1.165, 1.54) is 5.56 Å². The van der Waals surface area contributed by atoms with Crippen LogP contribution in [0.4, 0.5) is 0 Å². The SMILES string of the molecule is O=C(CCCc1ccccc1)NCCCc1cnoc1. The van der Waals surface area contributed by atoms with Gasteiger partial charge in [-0.1, -0.05) is 35.5 Å². The van der Waals surface area contributed by atoms with Gasteiger partial charge >= 0.3 is 0 Å². The molecule has 0 spiro atoms. The van der Waals surface area contributed by atoms with Gasteiger partial charge in [-0.25, -0.2) is 0 Å². The number of nitrogens with zero attached hydrogens (tertiary/aromatic N) is 1. The van der Waals surface area contributed by atoms with Crippen LogP contribution in [0.2, 0.25) is 0 Å². The zero-order valence-corrected chi connectivity index (χ0v) is 11.5. The minimum Gasteiger partial charge on any atom is -0.364 e. The maximum Gasteiger partial charge on any atom is 0.220 e. The predicted octanol–water partition coefficient (Wildman–Crippen LogP) is 2.75. The lowest BCUT2D eigenvalue weighted by Crippen LogP contribution is -2.24. The molecule has 1 heterocycles. The van der Waals surface area contributed by atoms with Crippen molar-refractivity contribution in [3.05, 3.63) is 53.9 Å². The number of hydrogen-bond acceptors (Lipinski definition) is 3. The summed E-state index contributed by atoms with van der Waals surface area (Å²) in [7, 11) is 0. The zero-order chi connectivity index (χ0) is 14.0. The van der Waals surface area contributed by atoms with Gasteiger partial charge in [-0.05, 0) is 31.2 Å². The first-order chi connectivity index (χ1) is 9.84. The Labute approximate surface area is 119 Å². The number of hydrogen-bond donors (Lipinski definition) is 1. The molecule has 0 saturated heterocycles. The van der Waals surface area contributed by atoms with Crippen LogP contribution in [0, 0.1) is 0 Å². The second-order valence-corrected chi connectivity index (χ2v) is 4.83. The Balaban J connectivity index is 1.52. The fraction of sp³-hybridized carbons (Fsp3) is 0.375. The molecule has 106 valence electrons. The summed E-state index contributed by atoms with van der Waals surface area (Å²) in [5.74, 6) is 0.131. The number of benzene rings is 1. The third-order valence-electron chi connectivity index (χ3n) is 3.16. The van der Waals surface area contributed by atoms with Gasteiger partial charge in [-0.3, -0.25) is 4.79 Å². The van der Waals surface area contributed by atoms with Crippen molar-refractivity contribution in [1.29, 1.82) is 0 Å². The molecule has 2 aromatic rings. The topological polar surface area (TPSA) is 55.1 Å². The number of aromatic nitrogens is 1. The predicted molar refractivity (Wildman–Crippen MR) is 77.2 cm³/mol. The molecular formula is C16H20N2O2. The highest BCUT2D eigenvalue weighted by molar-refractivity contribution is 5.75. The molecule has 0 radical (unpaired) electrons. The molecule has 0 saturated carbocycles. The Bertz CT molecular complexity index is 494. The van der Waals surface area contributed by atoms with Crippen molar-refractivity contribution in [3.8, 4) is 0 Å². The lowest BCUT2D eigenvalue weighted by molar-refractivity contribution is -0.121. The fourth-order valence-corrected chi connectivity index (χ4v) is 2.06. The molecule has 4 nitrogen and oxygen atoms in total. The average molecular weight is 272 g/mol. The van der Waals surface area contributed by atoms with Crippen molar-refractivity contribution in [2.24, 2.45) is 0 Å². The van der Waals surface area contributed by atoms with Gasteiger partial charge in [-0.2, -0.15) is 0 Å². The summed E-state index contributed by atoms with van der Waals surface area (Å²) in [4.78, 5) is 11.7. The van der Waals surface area contributed by atoms with Crippen molar-refractivity contribution >= 4 is 5.91 Å². The van der Waals surface area contributed by atoms with Crippen LogP contribution in [0.3, 0.4) is 0 Å². The number of rotatable bonds is 8. The fourth-order valence-electron chi connectivity index (χ4n) is 2.06. The van der Waals surface area contributed by atoms with E-state index in [1.54, 1.807) is 12.5 Å². The van der Waals surface area contributed by atoms with Crippen molar-refractivity contribution in [2.45, 2.75) is 32.1 Å². The maximum absolute atomic E-state index is 11.7. The molecule has 4 heteroatoms. The zero-order valence-electron chi connectivity index (χ0n) is 11.5. The van der Waals surface area contributed by atoms with Crippen LogP contribution >= 0.6 is 0 Å². The van der Waals surface area contributed by atoms with Gasteiger partial charge < -0.3 is 9.84 Å². The second kappa shape index (κ2) is 8.15. The van der Waals surface area contributed by atoms with Gasteiger partial charge in [0, 0.05) is 18.5 Å². The standard InChI is InChI=1S/C16H20N2O2/c19-16(10-4-8-14-6-2-1-3-7-14)17-11-5-9-15-12-18-20-13-15/h1-3,6-7,12-13H,4-5,8-11H2,(H,17,19). The quantitative estimate of drug-likeness (QED) is 0.752. The molecule has 2 rings (SSSR count). The van der Waals surface area contributed by atoms with E-state index in [0.717, 1.165) is 31.2 Å². The number of nitrogens with one attached hydrogen (secondary N) is 1. The molecule has 1 amide bonds. The van der Waals surface area contributed by atoms with Crippen LogP contribution in [0.5, 0.6) is 0 Å². The average Bonchev–Trinajstić information content (AvgIpc) is 2.98. The summed E-state index contributed by atoms with van der Waals surface area (Å²) in [6.45, 7) is 0.704. The smallest absolute Gasteiger partial charge is 0.220 e. The molecule has 0 aliphatic carbocycles.